The van der Waals surface area contributed by atoms with Gasteiger partial charge in [0.15, 0.2) is 9.84 Å². The second kappa shape index (κ2) is 6.13. The van der Waals surface area contributed by atoms with E-state index in [4.69, 9.17) is 16.7 Å². The van der Waals surface area contributed by atoms with Gasteiger partial charge in [0.1, 0.15) is 0 Å². The van der Waals surface area contributed by atoms with E-state index in [0.29, 0.717) is 6.42 Å². The van der Waals surface area contributed by atoms with Gasteiger partial charge in [-0.1, -0.05) is 11.6 Å². The van der Waals surface area contributed by atoms with Crippen molar-refractivity contribution >= 4 is 38.7 Å². The molecule has 0 saturated carbocycles. The molecular formula is C13H12ClNO4S2. The number of carboxylic acids is 1. The third-order valence-electron chi connectivity index (χ3n) is 2.97. The Balaban J connectivity index is 2.26. The van der Waals surface area contributed by atoms with Crippen LogP contribution in [0.2, 0.25) is 5.02 Å². The zero-order chi connectivity index (χ0) is 15.6. The molecule has 0 aliphatic rings. The van der Waals surface area contributed by atoms with Crippen molar-refractivity contribution in [3.63, 3.8) is 0 Å². The van der Waals surface area contributed by atoms with Crippen LogP contribution in [0.1, 0.15) is 20.9 Å². The Morgan fingerprint density at radius 3 is 2.71 bits per heavy atom. The second-order valence-electron chi connectivity index (χ2n) is 4.38. The van der Waals surface area contributed by atoms with Gasteiger partial charge >= 0.3 is 5.97 Å². The van der Waals surface area contributed by atoms with Gasteiger partial charge in [-0.25, -0.2) is 18.2 Å². The molecule has 0 saturated heterocycles. The highest BCUT2D eigenvalue weighted by Gasteiger charge is 2.19. The molecule has 2 rings (SSSR count). The van der Waals surface area contributed by atoms with Crippen molar-refractivity contribution in [2.75, 3.05) is 5.75 Å². The van der Waals surface area contributed by atoms with Crippen LogP contribution in [0.5, 0.6) is 0 Å². The van der Waals surface area contributed by atoms with E-state index >= 15 is 0 Å². The smallest absolute Gasteiger partial charge is 0.337 e. The minimum atomic E-state index is -3.57. The molecular weight excluding hydrogens is 334 g/mol. The van der Waals surface area contributed by atoms with Gasteiger partial charge < -0.3 is 5.11 Å². The van der Waals surface area contributed by atoms with Crippen LogP contribution in [-0.2, 0) is 16.3 Å². The zero-order valence-corrected chi connectivity index (χ0v) is 13.4. The fourth-order valence-electron chi connectivity index (χ4n) is 1.77. The van der Waals surface area contributed by atoms with Gasteiger partial charge in [0.2, 0.25) is 0 Å². The lowest BCUT2D eigenvalue weighted by Crippen LogP contribution is -2.10. The average molecular weight is 346 g/mol. The molecule has 2 aromatic rings. The van der Waals surface area contributed by atoms with Gasteiger partial charge in [-0.05, 0) is 31.5 Å². The molecule has 8 heteroatoms. The monoisotopic (exact) mass is 345 g/mol. The Hall–Kier alpha value is -1.44. The maximum absolute atomic E-state index is 12.3. The van der Waals surface area contributed by atoms with Crippen molar-refractivity contribution in [3.05, 3.63) is 44.9 Å². The Bertz CT molecular complexity index is 783. The summed E-state index contributed by atoms with van der Waals surface area (Å²) in [5.74, 6) is -1.35. The first-order chi connectivity index (χ1) is 9.81. The maximum Gasteiger partial charge on any atom is 0.337 e. The molecule has 1 heterocycles. The van der Waals surface area contributed by atoms with Crippen molar-refractivity contribution in [3.8, 4) is 0 Å². The Kier molecular flexibility index (Phi) is 4.65. The fourth-order valence-corrected chi connectivity index (χ4v) is 4.16. The summed E-state index contributed by atoms with van der Waals surface area (Å²) < 4.78 is 24.5. The van der Waals surface area contributed by atoms with Crippen LogP contribution in [-0.4, -0.2) is 30.2 Å². The first-order valence-electron chi connectivity index (χ1n) is 5.96. The third-order valence-corrected chi connectivity index (χ3v) is 6.01. The summed E-state index contributed by atoms with van der Waals surface area (Å²) >= 11 is 7.14. The standard InChI is InChI=1S/C13H12ClNO4S2/c1-8-12(20-7-15-8)4-5-21(18,19)9-2-3-11(14)10(6-9)13(16)17/h2-3,6-7H,4-5H2,1H3,(H,16,17). The third kappa shape index (κ3) is 3.61. The predicted octanol–water partition coefficient (Wildman–Crippen LogP) is 2.82. The van der Waals surface area contributed by atoms with Crippen molar-refractivity contribution in [2.45, 2.75) is 18.2 Å². The first-order valence-corrected chi connectivity index (χ1v) is 8.87. The second-order valence-corrected chi connectivity index (χ2v) is 7.83. The summed E-state index contributed by atoms with van der Waals surface area (Å²) in [6.07, 6.45) is 0.351. The lowest BCUT2D eigenvalue weighted by molar-refractivity contribution is 0.0697. The van der Waals surface area contributed by atoms with Crippen LogP contribution in [0.25, 0.3) is 0 Å². The minimum Gasteiger partial charge on any atom is -0.478 e. The summed E-state index contributed by atoms with van der Waals surface area (Å²) in [5.41, 5.74) is 2.27. The van der Waals surface area contributed by atoms with E-state index < -0.39 is 15.8 Å². The summed E-state index contributed by atoms with van der Waals surface area (Å²) in [6, 6.07) is 3.71. The van der Waals surface area contributed by atoms with Gasteiger partial charge in [-0.2, -0.15) is 0 Å². The molecule has 0 aliphatic carbocycles. The quantitative estimate of drug-likeness (QED) is 0.900. The Labute approximate surface area is 131 Å². The van der Waals surface area contributed by atoms with Gasteiger partial charge in [-0.3, -0.25) is 0 Å². The number of benzene rings is 1. The van der Waals surface area contributed by atoms with E-state index in [0.717, 1.165) is 16.6 Å². The number of halogens is 1. The molecule has 1 aromatic heterocycles. The molecule has 0 fully saturated rings. The van der Waals surface area contributed by atoms with Crippen molar-refractivity contribution < 1.29 is 18.3 Å². The highest BCUT2D eigenvalue weighted by molar-refractivity contribution is 7.91. The van der Waals surface area contributed by atoms with E-state index in [9.17, 15) is 13.2 Å². The zero-order valence-electron chi connectivity index (χ0n) is 11.0. The Morgan fingerprint density at radius 2 is 2.14 bits per heavy atom. The molecule has 112 valence electrons. The summed E-state index contributed by atoms with van der Waals surface area (Å²) in [5, 5.41) is 9.00. The lowest BCUT2D eigenvalue weighted by Gasteiger charge is -2.06. The number of rotatable bonds is 5. The van der Waals surface area contributed by atoms with Gasteiger partial charge in [0.25, 0.3) is 0 Å². The molecule has 1 N–H and O–H groups in total. The number of sulfone groups is 1. The molecule has 0 atom stereocenters. The summed E-state index contributed by atoms with van der Waals surface area (Å²) in [7, 11) is -3.57. The number of carbonyl (C=O) groups is 1. The summed E-state index contributed by atoms with van der Waals surface area (Å²) in [4.78, 5) is 15.9. The van der Waals surface area contributed by atoms with E-state index in [1.807, 2.05) is 6.92 Å². The largest absolute Gasteiger partial charge is 0.478 e. The van der Waals surface area contributed by atoms with Crippen LogP contribution in [0.15, 0.2) is 28.6 Å². The van der Waals surface area contributed by atoms with E-state index in [-0.39, 0.29) is 21.2 Å². The van der Waals surface area contributed by atoms with Gasteiger partial charge in [0, 0.05) is 4.88 Å². The number of nitrogens with zero attached hydrogens (tertiary/aromatic N) is 1. The number of hydrogen-bond acceptors (Lipinski definition) is 5. The first kappa shape index (κ1) is 15.9. The number of carboxylic acid groups (broad SMARTS) is 1. The number of aromatic carboxylic acids is 1. The summed E-state index contributed by atoms with van der Waals surface area (Å²) in [6.45, 7) is 1.82. The van der Waals surface area contributed by atoms with Gasteiger partial charge in [-0.15, -0.1) is 11.3 Å². The predicted molar refractivity (Wildman–Crippen MR) is 81.0 cm³/mol. The molecule has 21 heavy (non-hydrogen) atoms. The molecule has 0 radical (unpaired) electrons. The van der Waals surface area contributed by atoms with Crippen LogP contribution in [0, 0.1) is 6.92 Å². The number of hydrogen-bond donors (Lipinski definition) is 1. The van der Waals surface area contributed by atoms with Crippen molar-refractivity contribution in [2.24, 2.45) is 0 Å². The van der Waals surface area contributed by atoms with Crippen LogP contribution in [0.3, 0.4) is 0 Å². The fraction of sp³-hybridized carbons (Fsp3) is 0.231. The number of aromatic nitrogens is 1. The number of aryl methyl sites for hydroxylation is 2. The van der Waals surface area contributed by atoms with E-state index in [2.05, 4.69) is 4.98 Å². The van der Waals surface area contributed by atoms with Crippen molar-refractivity contribution in [1.29, 1.82) is 0 Å². The SMILES string of the molecule is Cc1ncsc1CCS(=O)(=O)c1ccc(Cl)c(C(=O)O)c1. The van der Waals surface area contributed by atoms with Gasteiger partial charge in [0.05, 0.1) is 32.4 Å². The highest BCUT2D eigenvalue weighted by atomic mass is 35.5. The molecule has 0 aliphatic heterocycles. The molecule has 0 unspecified atom stereocenters. The lowest BCUT2D eigenvalue weighted by atomic mass is 10.2. The molecule has 0 amide bonds. The molecule has 5 nitrogen and oxygen atoms in total. The minimum absolute atomic E-state index is 0.0137. The van der Waals surface area contributed by atoms with E-state index in [1.54, 1.807) is 5.51 Å². The Morgan fingerprint density at radius 1 is 1.43 bits per heavy atom. The molecule has 0 spiro atoms. The normalized spacial score (nSPS) is 11.5. The van der Waals surface area contributed by atoms with Crippen LogP contribution >= 0.6 is 22.9 Å². The topological polar surface area (TPSA) is 84.3 Å². The number of thiazole rings is 1. The van der Waals surface area contributed by atoms with Crippen LogP contribution in [0.4, 0.5) is 0 Å². The van der Waals surface area contributed by atoms with E-state index in [1.165, 1.54) is 23.5 Å². The van der Waals surface area contributed by atoms with Crippen LogP contribution < -0.4 is 0 Å². The molecule has 0 bridgehead atoms. The molecule has 1 aromatic carbocycles. The highest BCUT2D eigenvalue weighted by Crippen LogP contribution is 2.22. The van der Waals surface area contributed by atoms with Crippen molar-refractivity contribution in [1.82, 2.24) is 4.98 Å². The maximum atomic E-state index is 12.3. The average Bonchev–Trinajstić information content (AvgIpc) is 2.82.